The number of hydrogen-bond acceptors (Lipinski definition) is 5. The highest BCUT2D eigenvalue weighted by molar-refractivity contribution is 9.10. The first-order chi connectivity index (χ1) is 15.3. The summed E-state index contributed by atoms with van der Waals surface area (Å²) in [5, 5.41) is 23.3. The largest absolute Gasteiger partial charge is 0.496 e. The molecule has 2 amide bonds. The normalized spacial score (nSPS) is 17.3. The molecule has 0 aromatic heterocycles. The van der Waals surface area contributed by atoms with Crippen LogP contribution in [0.3, 0.4) is 0 Å². The van der Waals surface area contributed by atoms with Crippen LogP contribution in [-0.2, 0) is 9.59 Å². The Hall–Kier alpha value is -2.42. The van der Waals surface area contributed by atoms with Crippen LogP contribution in [0.2, 0.25) is 0 Å². The number of methoxy groups -OCH3 is 1. The first kappa shape index (κ1) is 24.2. The first-order valence-corrected chi connectivity index (χ1v) is 11.4. The average Bonchev–Trinajstić information content (AvgIpc) is 2.83. The first-order valence-electron chi connectivity index (χ1n) is 10.7. The third kappa shape index (κ3) is 5.68. The number of benzene rings is 2. The molecule has 1 fully saturated rings. The Morgan fingerprint density at radius 1 is 1.06 bits per heavy atom. The zero-order chi connectivity index (χ0) is 23.3. The number of ether oxygens (including phenoxy) is 1. The monoisotopic (exact) mass is 504 g/mol. The number of hydrogen-bond donors (Lipinski definition) is 3. The van der Waals surface area contributed by atoms with Gasteiger partial charge >= 0.3 is 0 Å². The van der Waals surface area contributed by atoms with E-state index >= 15 is 0 Å². The molecule has 0 unspecified atom stereocenters. The van der Waals surface area contributed by atoms with Crippen LogP contribution in [0.5, 0.6) is 5.75 Å². The molecule has 3 rings (SSSR count). The highest BCUT2D eigenvalue weighted by Gasteiger charge is 2.35. The molecular formula is C24H29BrN2O5. The predicted molar refractivity (Wildman–Crippen MR) is 124 cm³/mol. The number of nitrogens with zero attached hydrogens (tertiary/aromatic N) is 1. The molecule has 1 saturated heterocycles. The molecule has 172 valence electrons. The molecule has 1 aliphatic rings. The van der Waals surface area contributed by atoms with Gasteiger partial charge in [0.2, 0.25) is 0 Å². The smallest absolute Gasteiger partial charge is 0.254 e. The molecule has 0 bridgehead atoms. The van der Waals surface area contributed by atoms with Crippen LogP contribution in [0.15, 0.2) is 53.0 Å². The van der Waals surface area contributed by atoms with Gasteiger partial charge in [0.05, 0.1) is 13.2 Å². The van der Waals surface area contributed by atoms with Crippen molar-refractivity contribution >= 4 is 27.7 Å². The quantitative estimate of drug-likeness (QED) is 0.538. The van der Waals surface area contributed by atoms with E-state index in [-0.39, 0.29) is 12.0 Å². The predicted octanol–water partition coefficient (Wildman–Crippen LogP) is 2.76. The van der Waals surface area contributed by atoms with Crippen molar-refractivity contribution in [3.63, 3.8) is 0 Å². The Morgan fingerprint density at radius 2 is 1.69 bits per heavy atom. The molecule has 2 aromatic carbocycles. The lowest BCUT2D eigenvalue weighted by Gasteiger charge is -2.34. The second-order valence-corrected chi connectivity index (χ2v) is 8.93. The second-order valence-electron chi connectivity index (χ2n) is 8.01. The van der Waals surface area contributed by atoms with Gasteiger partial charge in [0, 0.05) is 17.6 Å². The molecule has 8 heteroatoms. The topological polar surface area (TPSA) is 99.1 Å². The summed E-state index contributed by atoms with van der Waals surface area (Å²) >= 11 is 3.36. The molecule has 3 atom stereocenters. The molecule has 0 saturated carbocycles. The minimum Gasteiger partial charge on any atom is -0.496 e. The number of likely N-dealkylation sites (tertiary alicyclic amines) is 1. The van der Waals surface area contributed by atoms with Gasteiger partial charge in [-0.05, 0) is 55.0 Å². The van der Waals surface area contributed by atoms with Crippen molar-refractivity contribution in [1.82, 2.24) is 10.2 Å². The van der Waals surface area contributed by atoms with E-state index in [1.807, 2.05) is 48.5 Å². The Morgan fingerprint density at radius 3 is 2.31 bits per heavy atom. The summed E-state index contributed by atoms with van der Waals surface area (Å²) in [6.07, 6.45) is -2.23. The van der Waals surface area contributed by atoms with E-state index in [0.717, 1.165) is 21.3 Å². The maximum Gasteiger partial charge on any atom is 0.254 e. The van der Waals surface area contributed by atoms with E-state index in [2.05, 4.69) is 21.2 Å². The number of para-hydroxylation sites is 1. The van der Waals surface area contributed by atoms with Gasteiger partial charge in [0.15, 0.2) is 12.2 Å². The summed E-state index contributed by atoms with van der Waals surface area (Å²) in [5.41, 5.74) is 1.94. The highest BCUT2D eigenvalue weighted by Crippen LogP contribution is 2.34. The molecule has 1 heterocycles. The molecule has 1 aliphatic heterocycles. The van der Waals surface area contributed by atoms with Crippen LogP contribution in [0.1, 0.15) is 42.9 Å². The van der Waals surface area contributed by atoms with E-state index < -0.39 is 24.0 Å². The van der Waals surface area contributed by atoms with E-state index in [1.54, 1.807) is 14.0 Å². The molecule has 3 N–H and O–H groups in total. The van der Waals surface area contributed by atoms with E-state index in [9.17, 15) is 19.8 Å². The van der Waals surface area contributed by atoms with Gasteiger partial charge in [0.25, 0.3) is 11.8 Å². The van der Waals surface area contributed by atoms with Gasteiger partial charge in [-0.2, -0.15) is 0 Å². The lowest BCUT2D eigenvalue weighted by atomic mass is 9.88. The minimum absolute atomic E-state index is 0.243. The van der Waals surface area contributed by atoms with Crippen LogP contribution in [0, 0.1) is 0 Å². The molecular weight excluding hydrogens is 476 g/mol. The fraction of sp³-hybridized carbons (Fsp3) is 0.417. The molecule has 0 radical (unpaired) electrons. The number of rotatable bonds is 7. The number of piperidine rings is 1. The maximum atomic E-state index is 12.7. The third-order valence-electron chi connectivity index (χ3n) is 5.93. The van der Waals surface area contributed by atoms with Gasteiger partial charge in [0.1, 0.15) is 5.75 Å². The van der Waals surface area contributed by atoms with Crippen LogP contribution < -0.4 is 10.1 Å². The molecule has 32 heavy (non-hydrogen) atoms. The third-order valence-corrected chi connectivity index (χ3v) is 6.46. The molecule has 0 aliphatic carbocycles. The number of halogens is 1. The standard InChI is InChI=1S/C24H29BrN2O5/c1-15(16-7-9-18(25)10-8-16)26-23(30)21(28)22(29)24(31)27-13-11-17(12-14-27)19-5-3-4-6-20(19)32-2/h3-10,15,17,21-22,28-29H,11-14H2,1-2H3,(H,26,30)/t15-,21+,22+/m0/s1. The fourth-order valence-corrected chi connectivity index (χ4v) is 4.28. The van der Waals surface area contributed by atoms with Gasteiger partial charge in [-0.1, -0.05) is 46.3 Å². The van der Waals surface area contributed by atoms with Crippen molar-refractivity contribution in [2.45, 2.75) is 43.9 Å². The zero-order valence-electron chi connectivity index (χ0n) is 18.2. The Balaban J connectivity index is 1.54. The van der Waals surface area contributed by atoms with Gasteiger partial charge in [-0.25, -0.2) is 0 Å². The summed E-state index contributed by atoms with van der Waals surface area (Å²) in [6, 6.07) is 14.8. The fourth-order valence-electron chi connectivity index (χ4n) is 4.01. The van der Waals surface area contributed by atoms with E-state index in [0.29, 0.717) is 25.9 Å². The van der Waals surface area contributed by atoms with Crippen LogP contribution in [0.25, 0.3) is 0 Å². The summed E-state index contributed by atoms with van der Waals surface area (Å²) in [7, 11) is 1.64. The number of amides is 2. The Kier molecular flexibility index (Phi) is 8.28. The number of carbonyl (C=O) groups excluding carboxylic acids is 2. The van der Waals surface area contributed by atoms with Crippen molar-refractivity contribution in [3.05, 3.63) is 64.1 Å². The van der Waals surface area contributed by atoms with Crippen molar-refractivity contribution < 1.29 is 24.5 Å². The van der Waals surface area contributed by atoms with Crippen LogP contribution in [-0.4, -0.2) is 59.3 Å². The van der Waals surface area contributed by atoms with Gasteiger partial charge in [-0.15, -0.1) is 0 Å². The number of aliphatic hydroxyl groups excluding tert-OH is 2. The maximum absolute atomic E-state index is 12.7. The molecule has 0 spiro atoms. The lowest BCUT2D eigenvalue weighted by Crippen LogP contribution is -2.52. The highest BCUT2D eigenvalue weighted by atomic mass is 79.9. The number of nitrogens with one attached hydrogen (secondary N) is 1. The summed E-state index contributed by atoms with van der Waals surface area (Å²) in [5.74, 6) is -0.357. The summed E-state index contributed by atoms with van der Waals surface area (Å²) in [4.78, 5) is 26.6. The zero-order valence-corrected chi connectivity index (χ0v) is 19.8. The Bertz CT molecular complexity index is 928. The van der Waals surface area contributed by atoms with Gasteiger partial charge in [-0.3, -0.25) is 9.59 Å². The van der Waals surface area contributed by atoms with E-state index in [4.69, 9.17) is 4.74 Å². The average molecular weight is 505 g/mol. The number of carbonyl (C=O) groups is 2. The van der Waals surface area contributed by atoms with Crippen molar-refractivity contribution in [3.8, 4) is 5.75 Å². The SMILES string of the molecule is COc1ccccc1C1CCN(C(=O)[C@H](O)[C@@H](O)C(=O)N[C@@H](C)c2ccc(Br)cc2)CC1. The van der Waals surface area contributed by atoms with Crippen LogP contribution in [0.4, 0.5) is 0 Å². The summed E-state index contributed by atoms with van der Waals surface area (Å²) < 4.78 is 6.35. The van der Waals surface area contributed by atoms with Crippen molar-refractivity contribution in [2.24, 2.45) is 0 Å². The van der Waals surface area contributed by atoms with Crippen molar-refractivity contribution in [1.29, 1.82) is 0 Å². The lowest BCUT2D eigenvalue weighted by molar-refractivity contribution is -0.154. The van der Waals surface area contributed by atoms with E-state index in [1.165, 1.54) is 4.90 Å². The van der Waals surface area contributed by atoms with Gasteiger partial charge < -0.3 is 25.2 Å². The Labute approximate surface area is 196 Å². The molecule has 7 nitrogen and oxygen atoms in total. The number of aliphatic hydroxyl groups is 2. The van der Waals surface area contributed by atoms with Crippen LogP contribution >= 0.6 is 15.9 Å². The second kappa shape index (κ2) is 10.9. The minimum atomic E-state index is -1.84. The van der Waals surface area contributed by atoms with Crippen molar-refractivity contribution in [2.75, 3.05) is 20.2 Å². The summed E-state index contributed by atoms with van der Waals surface area (Å²) in [6.45, 7) is 2.63. The molecule has 2 aromatic rings.